The van der Waals surface area contributed by atoms with Crippen molar-refractivity contribution in [3.63, 3.8) is 0 Å². The Morgan fingerprint density at radius 3 is 2.57 bits per heavy atom. The van der Waals surface area contributed by atoms with Crippen LogP contribution in [-0.4, -0.2) is 60.0 Å². The Kier molecular flexibility index (Phi) is 7.13. The summed E-state index contributed by atoms with van der Waals surface area (Å²) >= 11 is 6.07. The second kappa shape index (κ2) is 10.5. The van der Waals surface area contributed by atoms with Gasteiger partial charge in [-0.1, -0.05) is 23.7 Å². The van der Waals surface area contributed by atoms with Crippen LogP contribution in [0.15, 0.2) is 48.7 Å². The Labute approximate surface area is 221 Å². The van der Waals surface area contributed by atoms with Crippen LogP contribution in [0.3, 0.4) is 0 Å². The van der Waals surface area contributed by atoms with E-state index in [0.717, 1.165) is 59.7 Å². The zero-order valence-corrected chi connectivity index (χ0v) is 21.8. The molecule has 1 amide bonds. The molecule has 1 fully saturated rings. The molecule has 2 heterocycles. The van der Waals surface area contributed by atoms with Gasteiger partial charge in [-0.3, -0.25) is 19.9 Å². The number of likely N-dealkylation sites (N-methyl/N-ethyl adjacent to an activating group) is 1. The Morgan fingerprint density at radius 1 is 1.11 bits per heavy atom. The van der Waals surface area contributed by atoms with E-state index >= 15 is 0 Å². The number of rotatable bonds is 5. The van der Waals surface area contributed by atoms with E-state index in [1.807, 2.05) is 37.3 Å². The van der Waals surface area contributed by atoms with E-state index in [9.17, 15) is 14.9 Å². The monoisotopic (exact) mass is 519 g/mol. The van der Waals surface area contributed by atoms with E-state index < -0.39 is 0 Å². The van der Waals surface area contributed by atoms with Crippen LogP contribution in [0.2, 0.25) is 5.02 Å². The normalized spacial score (nSPS) is 17.8. The Balaban J connectivity index is 1.33. The molecule has 37 heavy (non-hydrogen) atoms. The molecule has 1 atom stereocenters. The van der Waals surface area contributed by atoms with Crippen molar-refractivity contribution in [2.24, 2.45) is 0 Å². The summed E-state index contributed by atoms with van der Waals surface area (Å²) in [4.78, 5) is 33.5. The number of carbonyl (C=O) groups excluding carboxylic acids is 1. The van der Waals surface area contributed by atoms with Crippen LogP contribution in [0, 0.1) is 17.0 Å². The molecular weight excluding hydrogens is 490 g/mol. The number of hydrogen-bond acceptors (Lipinski definition) is 6. The number of anilines is 1. The zero-order valence-electron chi connectivity index (χ0n) is 21.0. The van der Waals surface area contributed by atoms with Gasteiger partial charge >= 0.3 is 0 Å². The van der Waals surface area contributed by atoms with E-state index in [0.29, 0.717) is 30.0 Å². The fourth-order valence-corrected chi connectivity index (χ4v) is 5.60. The van der Waals surface area contributed by atoms with Gasteiger partial charge in [0.15, 0.2) is 0 Å². The third kappa shape index (κ3) is 5.31. The quantitative estimate of drug-likeness (QED) is 0.389. The van der Waals surface area contributed by atoms with Gasteiger partial charge in [0, 0.05) is 66.3 Å². The predicted molar refractivity (Wildman–Crippen MR) is 146 cm³/mol. The van der Waals surface area contributed by atoms with E-state index in [-0.39, 0.29) is 22.6 Å². The molecule has 0 spiro atoms. The van der Waals surface area contributed by atoms with Gasteiger partial charge < -0.3 is 15.1 Å². The van der Waals surface area contributed by atoms with Crippen LogP contribution in [0.4, 0.5) is 11.4 Å². The van der Waals surface area contributed by atoms with Crippen molar-refractivity contribution in [1.82, 2.24) is 15.2 Å². The predicted octanol–water partition coefficient (Wildman–Crippen LogP) is 4.66. The average Bonchev–Trinajstić information content (AvgIpc) is 2.88. The molecule has 1 aliphatic carbocycles. The van der Waals surface area contributed by atoms with Crippen molar-refractivity contribution >= 4 is 28.9 Å². The van der Waals surface area contributed by atoms with Gasteiger partial charge in [-0.2, -0.15) is 0 Å². The Bertz CT molecular complexity index is 1340. The van der Waals surface area contributed by atoms with Gasteiger partial charge in [0.25, 0.3) is 11.6 Å². The minimum atomic E-state index is -0.292. The molecule has 2 aromatic carbocycles. The first-order chi connectivity index (χ1) is 17.8. The number of benzene rings is 2. The van der Waals surface area contributed by atoms with Crippen LogP contribution in [0.5, 0.6) is 0 Å². The molecule has 3 aromatic rings. The van der Waals surface area contributed by atoms with Crippen molar-refractivity contribution < 1.29 is 9.72 Å². The van der Waals surface area contributed by atoms with Gasteiger partial charge in [-0.05, 0) is 74.2 Å². The maximum absolute atomic E-state index is 13.1. The number of carbonyl (C=O) groups is 1. The number of fused-ring (bicyclic) bond motifs is 1. The van der Waals surface area contributed by atoms with Crippen molar-refractivity contribution in [2.75, 3.05) is 38.1 Å². The third-order valence-electron chi connectivity index (χ3n) is 7.45. The highest BCUT2D eigenvalue weighted by Gasteiger charge is 2.31. The first kappa shape index (κ1) is 25.2. The second-order valence-corrected chi connectivity index (χ2v) is 10.3. The van der Waals surface area contributed by atoms with Crippen LogP contribution >= 0.6 is 11.6 Å². The third-order valence-corrected chi connectivity index (χ3v) is 7.68. The highest BCUT2D eigenvalue weighted by molar-refractivity contribution is 6.30. The maximum Gasteiger partial charge on any atom is 0.273 e. The van der Waals surface area contributed by atoms with Crippen molar-refractivity contribution in [1.29, 1.82) is 0 Å². The lowest BCUT2D eigenvalue weighted by Gasteiger charge is -2.37. The number of halogens is 1. The van der Waals surface area contributed by atoms with Gasteiger partial charge in [-0.15, -0.1) is 0 Å². The number of amides is 1. The van der Waals surface area contributed by atoms with Crippen molar-refractivity contribution in [3.05, 3.63) is 86.2 Å². The molecule has 0 bridgehead atoms. The second-order valence-electron chi connectivity index (χ2n) is 9.91. The molecule has 0 radical (unpaired) electrons. The summed E-state index contributed by atoms with van der Waals surface area (Å²) in [5.74, 6) is -0.237. The molecule has 1 N–H and O–H groups in total. The summed E-state index contributed by atoms with van der Waals surface area (Å²) in [6, 6.07) is 12.7. The number of nitro benzene ring substituents is 1. The minimum Gasteiger partial charge on any atom is -0.369 e. The number of nitro groups is 1. The fourth-order valence-electron chi connectivity index (χ4n) is 5.38. The Morgan fingerprint density at radius 2 is 1.89 bits per heavy atom. The molecule has 0 unspecified atom stereocenters. The molecule has 1 aromatic heterocycles. The lowest BCUT2D eigenvalue weighted by molar-refractivity contribution is -0.385. The van der Waals surface area contributed by atoms with Gasteiger partial charge in [-0.25, -0.2) is 0 Å². The van der Waals surface area contributed by atoms with Crippen LogP contribution in [0.1, 0.15) is 33.6 Å². The largest absolute Gasteiger partial charge is 0.369 e. The lowest BCUT2D eigenvalue weighted by Crippen LogP contribution is -2.45. The number of nitrogens with one attached hydrogen (secondary N) is 1. The van der Waals surface area contributed by atoms with Crippen LogP contribution in [-0.2, 0) is 12.8 Å². The fraction of sp³-hybridized carbons (Fsp3) is 0.357. The highest BCUT2D eigenvalue weighted by atomic mass is 35.5. The molecule has 1 saturated heterocycles. The van der Waals surface area contributed by atoms with E-state index in [1.165, 1.54) is 0 Å². The van der Waals surface area contributed by atoms with Gasteiger partial charge in [0.2, 0.25) is 0 Å². The summed E-state index contributed by atoms with van der Waals surface area (Å²) in [7, 11) is 2.10. The highest BCUT2D eigenvalue weighted by Crippen LogP contribution is 2.37. The summed E-state index contributed by atoms with van der Waals surface area (Å²) in [6.07, 6.45) is 3.47. The van der Waals surface area contributed by atoms with Crippen LogP contribution < -0.4 is 10.2 Å². The lowest BCUT2D eigenvalue weighted by atomic mass is 9.85. The first-order valence-electron chi connectivity index (χ1n) is 12.6. The maximum atomic E-state index is 13.1. The molecule has 8 nitrogen and oxygen atoms in total. The van der Waals surface area contributed by atoms with E-state index in [1.54, 1.807) is 18.3 Å². The smallest absolute Gasteiger partial charge is 0.273 e. The molecular formula is C28H30ClN5O3. The SMILES string of the molecule is Cc1cc(Cl)ccc1-c1ccc(C(=O)N[C@H]2CCc3c([N+](=O)[O-])ccc(N4CCN(C)CC4)c3C2)nc1. The van der Waals surface area contributed by atoms with E-state index in [2.05, 4.69) is 27.1 Å². The summed E-state index contributed by atoms with van der Waals surface area (Å²) in [6.45, 7) is 5.64. The molecule has 5 rings (SSSR count). The van der Waals surface area contributed by atoms with Gasteiger partial charge in [0.05, 0.1) is 4.92 Å². The number of hydrogen-bond donors (Lipinski definition) is 1. The molecule has 192 valence electrons. The Hall–Kier alpha value is -3.49. The molecule has 0 saturated carbocycles. The zero-order chi connectivity index (χ0) is 26.1. The summed E-state index contributed by atoms with van der Waals surface area (Å²) in [5, 5.41) is 15.5. The van der Waals surface area contributed by atoms with E-state index in [4.69, 9.17) is 11.6 Å². The number of aromatic nitrogens is 1. The topological polar surface area (TPSA) is 91.6 Å². The first-order valence-corrected chi connectivity index (χ1v) is 12.9. The summed E-state index contributed by atoms with van der Waals surface area (Å²) < 4.78 is 0. The molecule has 1 aliphatic heterocycles. The standard InChI is InChI=1S/C28H30ClN5O3/c1-18-15-20(29)4-6-22(18)19-3-8-25(30-17-19)28(35)31-21-5-7-23-24(16-21)26(9-10-27(23)34(36)37)33-13-11-32(2)12-14-33/h3-4,6,8-10,15,17,21H,5,7,11-14,16H2,1-2H3,(H,31,35)/t21-/m0/s1. The molecule has 2 aliphatic rings. The number of piperazine rings is 1. The minimum absolute atomic E-state index is 0.117. The van der Waals surface area contributed by atoms with Crippen LogP contribution in [0.25, 0.3) is 11.1 Å². The van der Waals surface area contributed by atoms with Gasteiger partial charge in [0.1, 0.15) is 5.69 Å². The van der Waals surface area contributed by atoms with Crippen molar-refractivity contribution in [3.8, 4) is 11.1 Å². The summed E-state index contributed by atoms with van der Waals surface area (Å²) in [5.41, 5.74) is 6.33. The number of aryl methyl sites for hydroxylation is 1. The number of pyridine rings is 1. The number of nitrogens with zero attached hydrogens (tertiary/aromatic N) is 4. The average molecular weight is 520 g/mol. The van der Waals surface area contributed by atoms with Crippen molar-refractivity contribution in [2.45, 2.75) is 32.2 Å². The molecule has 9 heteroatoms.